The molecule has 1 amide bonds. The van der Waals surface area contributed by atoms with Gasteiger partial charge in [-0.15, -0.1) is 0 Å². The number of carbonyl (C=O) groups excluding carboxylic acids is 1. The Morgan fingerprint density at radius 3 is 2.57 bits per heavy atom. The van der Waals surface area contributed by atoms with Crippen molar-refractivity contribution in [3.63, 3.8) is 0 Å². The van der Waals surface area contributed by atoms with Crippen LogP contribution in [-0.2, 0) is 0 Å². The average molecular weight is 293 g/mol. The van der Waals surface area contributed by atoms with Crippen LogP contribution in [0.3, 0.4) is 0 Å². The fraction of sp³-hybridized carbons (Fsp3) is 0.143. The molecule has 2 aromatic rings. The minimum atomic E-state index is -1.28. The molecule has 0 aliphatic heterocycles. The molecule has 110 valence electrons. The van der Waals surface area contributed by atoms with E-state index in [1.54, 1.807) is 6.92 Å². The van der Waals surface area contributed by atoms with Crippen molar-refractivity contribution >= 4 is 17.6 Å². The zero-order chi connectivity index (χ0) is 15.4. The highest BCUT2D eigenvalue weighted by Gasteiger charge is 2.15. The van der Waals surface area contributed by atoms with Crippen molar-refractivity contribution in [3.05, 3.63) is 47.7 Å². The lowest BCUT2D eigenvalue weighted by molar-refractivity contribution is 0.0660. The largest absolute Gasteiger partial charge is 0.491 e. The second-order valence-corrected chi connectivity index (χ2v) is 4.00. The van der Waals surface area contributed by atoms with Crippen LogP contribution in [0.4, 0.5) is 10.1 Å². The van der Waals surface area contributed by atoms with Gasteiger partial charge in [-0.3, -0.25) is 4.79 Å². The average Bonchev–Trinajstić information content (AvgIpc) is 2.92. The Hall–Kier alpha value is -2.83. The summed E-state index contributed by atoms with van der Waals surface area (Å²) in [6, 6.07) is 6.34. The molecule has 1 aromatic carbocycles. The number of ether oxygens (including phenoxy) is 1. The van der Waals surface area contributed by atoms with Crippen molar-refractivity contribution in [1.29, 1.82) is 0 Å². The number of rotatable bonds is 5. The second-order valence-electron chi connectivity index (χ2n) is 4.00. The molecule has 0 saturated heterocycles. The molecular weight excluding hydrogens is 281 g/mol. The van der Waals surface area contributed by atoms with Gasteiger partial charge in [0, 0.05) is 11.8 Å². The van der Waals surface area contributed by atoms with E-state index in [1.165, 1.54) is 18.2 Å². The number of carboxylic acids is 1. The number of nitrogens with one attached hydrogen (secondary N) is 1. The van der Waals surface area contributed by atoms with E-state index in [-0.39, 0.29) is 23.0 Å². The van der Waals surface area contributed by atoms with Gasteiger partial charge < -0.3 is 19.6 Å². The van der Waals surface area contributed by atoms with Crippen molar-refractivity contribution in [2.24, 2.45) is 0 Å². The first-order chi connectivity index (χ1) is 10.0. The zero-order valence-electron chi connectivity index (χ0n) is 11.1. The van der Waals surface area contributed by atoms with E-state index < -0.39 is 17.7 Å². The first-order valence-electron chi connectivity index (χ1n) is 6.08. The third-order valence-corrected chi connectivity index (χ3v) is 2.53. The van der Waals surface area contributed by atoms with Gasteiger partial charge in [0.05, 0.1) is 6.61 Å². The maximum Gasteiger partial charge on any atom is 0.371 e. The van der Waals surface area contributed by atoms with E-state index in [9.17, 15) is 14.0 Å². The van der Waals surface area contributed by atoms with Gasteiger partial charge in [-0.2, -0.15) is 0 Å². The molecule has 6 nitrogen and oxygen atoms in total. The Balaban J connectivity index is 2.11. The topological polar surface area (TPSA) is 88.8 Å². The van der Waals surface area contributed by atoms with Gasteiger partial charge >= 0.3 is 5.97 Å². The van der Waals surface area contributed by atoms with Crippen LogP contribution in [0.25, 0.3) is 0 Å². The molecule has 21 heavy (non-hydrogen) atoms. The normalized spacial score (nSPS) is 10.2. The third kappa shape index (κ3) is 3.38. The first-order valence-corrected chi connectivity index (χ1v) is 6.08. The molecule has 0 unspecified atom stereocenters. The van der Waals surface area contributed by atoms with E-state index in [1.807, 2.05) is 0 Å². The molecular formula is C14H12FNO5. The van der Waals surface area contributed by atoms with Crippen molar-refractivity contribution in [1.82, 2.24) is 0 Å². The van der Waals surface area contributed by atoms with E-state index >= 15 is 0 Å². The van der Waals surface area contributed by atoms with Crippen LogP contribution in [0, 0.1) is 5.82 Å². The summed E-state index contributed by atoms with van der Waals surface area (Å²) in [6.07, 6.45) is 0. The van der Waals surface area contributed by atoms with Crippen LogP contribution >= 0.6 is 0 Å². The summed E-state index contributed by atoms with van der Waals surface area (Å²) in [5, 5.41) is 11.1. The molecule has 0 aliphatic rings. The number of carboxylic acid groups (broad SMARTS) is 1. The number of amides is 1. The minimum absolute atomic E-state index is 0.0849. The number of aromatic carboxylic acids is 1. The standard InChI is InChI=1S/C14H12FNO5/c1-2-20-10-4-3-8(7-9(10)15)16-13(17)11-5-6-12(21-11)14(18)19/h3-7H,2H2,1H3,(H,16,17)(H,18,19). The highest BCUT2D eigenvalue weighted by atomic mass is 19.1. The predicted octanol–water partition coefficient (Wildman–Crippen LogP) is 2.77. The fourth-order valence-corrected chi connectivity index (χ4v) is 1.62. The SMILES string of the molecule is CCOc1ccc(NC(=O)c2ccc(C(=O)O)o2)cc1F. The predicted molar refractivity (Wildman–Crippen MR) is 71.2 cm³/mol. The van der Waals surface area contributed by atoms with Gasteiger partial charge in [-0.25, -0.2) is 9.18 Å². The van der Waals surface area contributed by atoms with Crippen LogP contribution < -0.4 is 10.1 Å². The summed E-state index contributed by atoms with van der Waals surface area (Å²) in [7, 11) is 0. The van der Waals surface area contributed by atoms with Crippen LogP contribution in [0.1, 0.15) is 28.0 Å². The van der Waals surface area contributed by atoms with E-state index in [0.717, 1.165) is 12.1 Å². The Morgan fingerprint density at radius 2 is 2.00 bits per heavy atom. The van der Waals surface area contributed by atoms with E-state index in [0.29, 0.717) is 6.61 Å². The van der Waals surface area contributed by atoms with E-state index in [4.69, 9.17) is 14.3 Å². The van der Waals surface area contributed by atoms with Gasteiger partial charge in [0.1, 0.15) is 0 Å². The van der Waals surface area contributed by atoms with Gasteiger partial charge in [0.15, 0.2) is 17.3 Å². The summed E-state index contributed by atoms with van der Waals surface area (Å²) in [4.78, 5) is 22.5. The molecule has 0 bridgehead atoms. The molecule has 0 aliphatic carbocycles. The summed E-state index contributed by atoms with van der Waals surface area (Å²) in [5.74, 6) is -3.01. The van der Waals surface area contributed by atoms with Crippen molar-refractivity contribution in [3.8, 4) is 5.75 Å². The van der Waals surface area contributed by atoms with E-state index in [2.05, 4.69) is 5.32 Å². The zero-order valence-corrected chi connectivity index (χ0v) is 11.1. The van der Waals surface area contributed by atoms with Gasteiger partial charge in [0.2, 0.25) is 5.76 Å². The highest BCUT2D eigenvalue weighted by molar-refractivity contribution is 6.02. The first kappa shape index (κ1) is 14.6. The van der Waals surface area contributed by atoms with Gasteiger partial charge in [-0.05, 0) is 31.2 Å². The molecule has 1 heterocycles. The van der Waals surface area contributed by atoms with Crippen LogP contribution in [-0.4, -0.2) is 23.6 Å². The van der Waals surface area contributed by atoms with Crippen LogP contribution in [0.15, 0.2) is 34.7 Å². The van der Waals surface area contributed by atoms with Gasteiger partial charge in [-0.1, -0.05) is 0 Å². The molecule has 0 spiro atoms. The molecule has 0 fully saturated rings. The summed E-state index contributed by atoms with van der Waals surface area (Å²) < 4.78 is 23.5. The summed E-state index contributed by atoms with van der Waals surface area (Å²) >= 11 is 0. The molecule has 0 saturated carbocycles. The number of carbonyl (C=O) groups is 2. The Kier molecular flexibility index (Phi) is 4.22. The number of benzene rings is 1. The monoisotopic (exact) mass is 293 g/mol. The lowest BCUT2D eigenvalue weighted by Gasteiger charge is -2.07. The van der Waals surface area contributed by atoms with Crippen LogP contribution in [0.5, 0.6) is 5.75 Å². The Bertz CT molecular complexity index is 680. The summed E-state index contributed by atoms with van der Waals surface area (Å²) in [5.41, 5.74) is 0.203. The molecule has 2 N–H and O–H groups in total. The lowest BCUT2D eigenvalue weighted by atomic mass is 10.2. The van der Waals surface area contributed by atoms with Gasteiger partial charge in [0.25, 0.3) is 5.91 Å². The molecule has 2 rings (SSSR count). The van der Waals surface area contributed by atoms with Crippen LogP contribution in [0.2, 0.25) is 0 Å². The molecule has 7 heteroatoms. The summed E-state index contributed by atoms with van der Waals surface area (Å²) in [6.45, 7) is 2.05. The molecule has 1 aromatic heterocycles. The number of hydrogen-bond donors (Lipinski definition) is 2. The second kappa shape index (κ2) is 6.08. The van der Waals surface area contributed by atoms with Crippen molar-refractivity contribution in [2.75, 3.05) is 11.9 Å². The smallest absolute Gasteiger partial charge is 0.371 e. The minimum Gasteiger partial charge on any atom is -0.491 e. The fourth-order valence-electron chi connectivity index (χ4n) is 1.62. The quantitative estimate of drug-likeness (QED) is 0.884. The highest BCUT2D eigenvalue weighted by Crippen LogP contribution is 2.21. The maximum absolute atomic E-state index is 13.6. The van der Waals surface area contributed by atoms with Crippen molar-refractivity contribution in [2.45, 2.75) is 6.92 Å². The maximum atomic E-state index is 13.6. The van der Waals surface area contributed by atoms with Crippen molar-refractivity contribution < 1.29 is 28.2 Å². The number of hydrogen-bond acceptors (Lipinski definition) is 4. The Morgan fingerprint density at radius 1 is 1.29 bits per heavy atom. The molecule has 0 radical (unpaired) electrons. The number of halogens is 1. The lowest BCUT2D eigenvalue weighted by Crippen LogP contribution is -2.11. The molecule has 0 atom stereocenters. The number of anilines is 1. The number of furan rings is 1. The third-order valence-electron chi connectivity index (χ3n) is 2.53. The Labute approximate surface area is 119 Å².